The molecule has 0 unspecified atom stereocenters. The quantitative estimate of drug-likeness (QED) is 0.794. The van der Waals surface area contributed by atoms with Crippen LogP contribution < -0.4 is 4.74 Å². The van der Waals surface area contributed by atoms with Crippen LogP contribution in [0.3, 0.4) is 0 Å². The number of carbonyl (C=O) groups excluding carboxylic acids is 1. The van der Waals surface area contributed by atoms with Gasteiger partial charge in [-0.25, -0.2) is 0 Å². The number of halogens is 1. The molecule has 0 N–H and O–H groups in total. The van der Waals surface area contributed by atoms with E-state index >= 15 is 0 Å². The highest BCUT2D eigenvalue weighted by atomic mass is 35.5. The average Bonchev–Trinajstić information content (AvgIpc) is 2.77. The van der Waals surface area contributed by atoms with Crippen molar-refractivity contribution in [2.75, 3.05) is 6.61 Å². The summed E-state index contributed by atoms with van der Waals surface area (Å²) in [6.07, 6.45) is 1.81. The second-order valence-corrected chi connectivity index (χ2v) is 6.51. The number of nitrogens with zero attached hydrogens (tertiary/aromatic N) is 2. The molecule has 0 amide bonds. The summed E-state index contributed by atoms with van der Waals surface area (Å²) in [7, 11) is 0. The maximum absolute atomic E-state index is 12.6. The lowest BCUT2D eigenvalue weighted by Crippen LogP contribution is -2.18. The number of Topliss-reactive ketones (excluding diaryl/α,β-unsaturated/α-hetero) is 1. The van der Waals surface area contributed by atoms with Crippen LogP contribution in [0, 0.1) is 12.8 Å². The Morgan fingerprint density at radius 2 is 2.13 bits per heavy atom. The molecule has 0 saturated heterocycles. The highest BCUT2D eigenvalue weighted by Gasteiger charge is 2.24. The molecular formula is C18H19ClN2O2. The molecule has 0 saturated carbocycles. The van der Waals surface area contributed by atoms with Crippen molar-refractivity contribution < 1.29 is 9.53 Å². The summed E-state index contributed by atoms with van der Waals surface area (Å²) in [6.45, 7) is 7.12. The molecule has 2 heterocycles. The Kier molecular flexibility index (Phi) is 4.26. The van der Waals surface area contributed by atoms with Crippen LogP contribution in [0.25, 0.3) is 6.08 Å². The zero-order valence-electron chi connectivity index (χ0n) is 13.5. The van der Waals surface area contributed by atoms with Gasteiger partial charge < -0.3 is 4.74 Å². The van der Waals surface area contributed by atoms with Gasteiger partial charge in [-0.05, 0) is 31.1 Å². The number of para-hydroxylation sites is 1. The molecule has 1 aromatic heterocycles. The predicted octanol–water partition coefficient (Wildman–Crippen LogP) is 4.16. The summed E-state index contributed by atoms with van der Waals surface area (Å²) in [4.78, 5) is 12.6. The Hall–Kier alpha value is -2.07. The van der Waals surface area contributed by atoms with Gasteiger partial charge in [-0.2, -0.15) is 5.10 Å². The maximum atomic E-state index is 12.6. The fourth-order valence-corrected chi connectivity index (χ4v) is 2.95. The number of rotatable bonds is 3. The maximum Gasteiger partial charge on any atom is 0.196 e. The van der Waals surface area contributed by atoms with Gasteiger partial charge in [-0.1, -0.05) is 37.6 Å². The van der Waals surface area contributed by atoms with Crippen LogP contribution in [0.5, 0.6) is 5.75 Å². The van der Waals surface area contributed by atoms with Gasteiger partial charge in [0, 0.05) is 17.7 Å². The third-order valence-electron chi connectivity index (χ3n) is 3.77. The topological polar surface area (TPSA) is 44.1 Å². The van der Waals surface area contributed by atoms with Gasteiger partial charge >= 0.3 is 0 Å². The Balaban J connectivity index is 1.97. The first kappa shape index (κ1) is 15.8. The number of benzene rings is 1. The van der Waals surface area contributed by atoms with E-state index < -0.39 is 0 Å². The molecule has 1 aliphatic heterocycles. The van der Waals surface area contributed by atoms with Crippen LogP contribution in [-0.2, 0) is 6.54 Å². The van der Waals surface area contributed by atoms with Crippen molar-refractivity contribution in [1.29, 1.82) is 0 Å². The van der Waals surface area contributed by atoms with Gasteiger partial charge in [0.2, 0.25) is 0 Å². The van der Waals surface area contributed by atoms with E-state index in [4.69, 9.17) is 16.3 Å². The van der Waals surface area contributed by atoms with E-state index in [0.717, 1.165) is 17.8 Å². The highest BCUT2D eigenvalue weighted by molar-refractivity contribution is 6.31. The number of ether oxygens (including phenoxy) is 1. The van der Waals surface area contributed by atoms with Gasteiger partial charge in [0.1, 0.15) is 17.5 Å². The van der Waals surface area contributed by atoms with Gasteiger partial charge in [0.05, 0.1) is 11.3 Å². The molecule has 0 bridgehead atoms. The molecule has 4 nitrogen and oxygen atoms in total. The molecule has 2 aromatic rings. The van der Waals surface area contributed by atoms with Crippen molar-refractivity contribution in [2.24, 2.45) is 5.92 Å². The Morgan fingerprint density at radius 1 is 1.39 bits per heavy atom. The minimum absolute atomic E-state index is 0.0149. The molecule has 0 atom stereocenters. The zero-order chi connectivity index (χ0) is 16.6. The van der Waals surface area contributed by atoms with Crippen LogP contribution in [-0.4, -0.2) is 22.2 Å². The predicted molar refractivity (Wildman–Crippen MR) is 91.1 cm³/mol. The standard InChI is InChI=1S/C18H19ClN2O2/c1-11(2)9-21-18(19)15(12(3)20-21)8-13-10-23-16-7-5-4-6-14(16)17(13)22/h4-8,11H,9-10H2,1-3H3/b13-8+. The first-order valence-corrected chi connectivity index (χ1v) is 8.05. The summed E-state index contributed by atoms with van der Waals surface area (Å²) in [5, 5.41) is 5.04. The van der Waals surface area contributed by atoms with E-state index in [9.17, 15) is 4.79 Å². The van der Waals surface area contributed by atoms with Crippen molar-refractivity contribution in [3.8, 4) is 5.75 Å². The van der Waals surface area contributed by atoms with Gasteiger partial charge in [0.15, 0.2) is 5.78 Å². The zero-order valence-corrected chi connectivity index (χ0v) is 14.2. The SMILES string of the molecule is Cc1nn(CC(C)C)c(Cl)c1/C=C1\COc2ccccc2C1=O. The number of aromatic nitrogens is 2. The molecule has 23 heavy (non-hydrogen) atoms. The number of aryl methyl sites for hydroxylation is 1. The first-order valence-electron chi connectivity index (χ1n) is 7.67. The van der Waals surface area contributed by atoms with E-state index in [0.29, 0.717) is 28.0 Å². The van der Waals surface area contributed by atoms with Crippen LogP contribution in [0.2, 0.25) is 5.15 Å². The summed E-state index contributed by atoms with van der Waals surface area (Å²) < 4.78 is 7.46. The minimum Gasteiger partial charge on any atom is -0.488 e. The van der Waals surface area contributed by atoms with E-state index in [-0.39, 0.29) is 12.4 Å². The smallest absolute Gasteiger partial charge is 0.196 e. The van der Waals surface area contributed by atoms with Crippen molar-refractivity contribution in [2.45, 2.75) is 27.3 Å². The van der Waals surface area contributed by atoms with E-state index in [1.54, 1.807) is 16.8 Å². The molecule has 0 spiro atoms. The number of carbonyl (C=O) groups is 1. The largest absolute Gasteiger partial charge is 0.488 e. The van der Waals surface area contributed by atoms with Crippen molar-refractivity contribution in [3.63, 3.8) is 0 Å². The number of ketones is 1. The lowest BCUT2D eigenvalue weighted by atomic mass is 9.99. The van der Waals surface area contributed by atoms with Gasteiger partial charge in [0.25, 0.3) is 0 Å². The lowest BCUT2D eigenvalue weighted by molar-refractivity contribution is 0.100. The second kappa shape index (κ2) is 6.20. The molecule has 120 valence electrons. The van der Waals surface area contributed by atoms with E-state index in [1.807, 2.05) is 25.1 Å². The number of hydrogen-bond donors (Lipinski definition) is 0. The molecule has 1 aromatic carbocycles. The average molecular weight is 331 g/mol. The van der Waals surface area contributed by atoms with E-state index in [1.165, 1.54) is 0 Å². The molecular weight excluding hydrogens is 312 g/mol. The molecule has 1 aliphatic rings. The van der Waals surface area contributed by atoms with E-state index in [2.05, 4.69) is 18.9 Å². The first-order chi connectivity index (χ1) is 11.0. The fraction of sp³-hybridized carbons (Fsp3) is 0.333. The van der Waals surface area contributed by atoms with Crippen molar-refractivity contribution in [1.82, 2.24) is 9.78 Å². The lowest BCUT2D eigenvalue weighted by Gasteiger charge is -2.18. The van der Waals surface area contributed by atoms with Gasteiger partial charge in [-0.3, -0.25) is 9.48 Å². The number of hydrogen-bond acceptors (Lipinski definition) is 3. The van der Waals surface area contributed by atoms with Crippen LogP contribution >= 0.6 is 11.6 Å². The minimum atomic E-state index is -0.0149. The number of fused-ring (bicyclic) bond motifs is 1. The van der Waals surface area contributed by atoms with Gasteiger partial charge in [-0.15, -0.1) is 0 Å². The Labute approximate surface area is 140 Å². The summed E-state index contributed by atoms with van der Waals surface area (Å²) >= 11 is 6.44. The normalized spacial score (nSPS) is 15.9. The fourth-order valence-electron chi connectivity index (χ4n) is 2.65. The van der Waals surface area contributed by atoms with Crippen molar-refractivity contribution in [3.05, 3.63) is 51.8 Å². The summed E-state index contributed by atoms with van der Waals surface area (Å²) in [6, 6.07) is 7.28. The molecule has 0 radical (unpaired) electrons. The molecule has 0 aliphatic carbocycles. The second-order valence-electron chi connectivity index (χ2n) is 6.15. The Morgan fingerprint density at radius 3 is 2.87 bits per heavy atom. The molecule has 0 fully saturated rings. The third kappa shape index (κ3) is 3.04. The van der Waals surface area contributed by atoms with Crippen LogP contribution in [0.1, 0.15) is 35.5 Å². The highest BCUT2D eigenvalue weighted by Crippen LogP contribution is 2.30. The molecule has 3 rings (SSSR count). The summed E-state index contributed by atoms with van der Waals surface area (Å²) in [5.74, 6) is 1.06. The van der Waals surface area contributed by atoms with Crippen molar-refractivity contribution >= 4 is 23.5 Å². The Bertz CT molecular complexity index is 790. The third-order valence-corrected chi connectivity index (χ3v) is 4.17. The molecule has 5 heteroatoms. The van der Waals surface area contributed by atoms with Crippen LogP contribution in [0.15, 0.2) is 29.8 Å². The van der Waals surface area contributed by atoms with Crippen LogP contribution in [0.4, 0.5) is 0 Å². The summed E-state index contributed by atoms with van der Waals surface area (Å²) in [5.41, 5.74) is 2.79. The monoisotopic (exact) mass is 330 g/mol.